The number of piperazine rings is 1. The van der Waals surface area contributed by atoms with Gasteiger partial charge in [-0.15, -0.1) is 0 Å². The highest BCUT2D eigenvalue weighted by Crippen LogP contribution is 2.16. The lowest BCUT2D eigenvalue weighted by atomic mass is 10.3. The van der Waals surface area contributed by atoms with Crippen molar-refractivity contribution < 1.29 is 4.79 Å². The molecule has 0 radical (unpaired) electrons. The zero-order valence-corrected chi connectivity index (χ0v) is 13.5. The predicted octanol–water partition coefficient (Wildman–Crippen LogP) is 1.90. The number of nitrogens with zero attached hydrogens (tertiary/aromatic N) is 3. The lowest BCUT2D eigenvalue weighted by Gasteiger charge is -2.29. The van der Waals surface area contributed by atoms with E-state index in [4.69, 9.17) is 0 Å². The predicted molar refractivity (Wildman–Crippen MR) is 89.2 cm³/mol. The number of hydrogen-bond acceptors (Lipinski definition) is 5. The number of rotatable bonds is 3. The molecule has 7 heteroatoms. The Morgan fingerprint density at radius 1 is 1.14 bits per heavy atom. The van der Waals surface area contributed by atoms with E-state index in [9.17, 15) is 4.79 Å². The molecule has 1 fully saturated rings. The molecule has 0 spiro atoms. The Morgan fingerprint density at radius 2 is 1.95 bits per heavy atom. The Kier molecular flexibility index (Phi) is 4.65. The van der Waals surface area contributed by atoms with Gasteiger partial charge < -0.3 is 15.5 Å². The maximum absolute atomic E-state index is 12.1. The second-order valence-corrected chi connectivity index (χ2v) is 5.87. The Hall–Kier alpha value is -1.99. The summed E-state index contributed by atoms with van der Waals surface area (Å²) in [5.41, 5.74) is 1.43. The Labute approximate surface area is 137 Å². The lowest BCUT2D eigenvalue weighted by Crippen LogP contribution is -2.43. The number of nitrogens with one attached hydrogen (secondary N) is 2. The van der Waals surface area contributed by atoms with Crippen molar-refractivity contribution in [2.75, 3.05) is 36.4 Å². The van der Waals surface area contributed by atoms with Crippen molar-refractivity contribution >= 4 is 33.3 Å². The van der Waals surface area contributed by atoms with Gasteiger partial charge in [0.15, 0.2) is 0 Å². The van der Waals surface area contributed by atoms with E-state index in [-0.39, 0.29) is 5.91 Å². The van der Waals surface area contributed by atoms with E-state index >= 15 is 0 Å². The monoisotopic (exact) mass is 361 g/mol. The average Bonchev–Trinajstić information content (AvgIpc) is 2.57. The van der Waals surface area contributed by atoms with Crippen LogP contribution in [0.5, 0.6) is 0 Å². The molecule has 3 rings (SSSR count). The van der Waals surface area contributed by atoms with Crippen LogP contribution in [0.2, 0.25) is 0 Å². The van der Waals surface area contributed by atoms with Gasteiger partial charge in [0.05, 0.1) is 11.9 Å². The van der Waals surface area contributed by atoms with Crippen molar-refractivity contribution in [2.45, 2.75) is 0 Å². The molecule has 3 heterocycles. The van der Waals surface area contributed by atoms with Crippen LogP contribution in [-0.2, 0) is 0 Å². The van der Waals surface area contributed by atoms with E-state index in [0.717, 1.165) is 36.3 Å². The smallest absolute Gasteiger partial charge is 0.275 e. The number of halogens is 1. The molecule has 0 bridgehead atoms. The van der Waals surface area contributed by atoms with Crippen LogP contribution in [0.1, 0.15) is 10.5 Å². The minimum absolute atomic E-state index is 0.269. The fourth-order valence-corrected chi connectivity index (χ4v) is 2.50. The van der Waals surface area contributed by atoms with Gasteiger partial charge in [-0.1, -0.05) is 0 Å². The van der Waals surface area contributed by atoms with Gasteiger partial charge in [0.2, 0.25) is 0 Å². The molecule has 1 amide bonds. The Balaban J connectivity index is 1.65. The highest BCUT2D eigenvalue weighted by Gasteiger charge is 2.12. The topological polar surface area (TPSA) is 70.2 Å². The van der Waals surface area contributed by atoms with Gasteiger partial charge in [0.1, 0.15) is 11.5 Å². The van der Waals surface area contributed by atoms with Gasteiger partial charge in [0.25, 0.3) is 5.91 Å². The summed E-state index contributed by atoms with van der Waals surface area (Å²) in [6.07, 6.45) is 3.38. The van der Waals surface area contributed by atoms with Gasteiger partial charge in [-0.05, 0) is 40.2 Å². The maximum Gasteiger partial charge on any atom is 0.275 e. The fraction of sp³-hybridized carbons (Fsp3) is 0.267. The summed E-state index contributed by atoms with van der Waals surface area (Å²) in [5.74, 6) is 0.253. The zero-order chi connectivity index (χ0) is 15.4. The Morgan fingerprint density at radius 3 is 2.59 bits per heavy atom. The normalized spacial score (nSPS) is 14.7. The van der Waals surface area contributed by atoms with E-state index in [1.165, 1.54) is 0 Å². The van der Waals surface area contributed by atoms with Crippen molar-refractivity contribution in [1.82, 2.24) is 15.3 Å². The Bertz CT molecular complexity index is 638. The summed E-state index contributed by atoms with van der Waals surface area (Å²) in [7, 11) is 0. The van der Waals surface area contributed by atoms with Crippen molar-refractivity contribution in [3.63, 3.8) is 0 Å². The van der Waals surface area contributed by atoms with Crippen LogP contribution in [0.15, 0.2) is 41.1 Å². The van der Waals surface area contributed by atoms with Crippen LogP contribution in [0.4, 0.5) is 11.5 Å². The highest BCUT2D eigenvalue weighted by molar-refractivity contribution is 9.10. The van der Waals surface area contributed by atoms with E-state index < -0.39 is 0 Å². The fourth-order valence-electron chi connectivity index (χ4n) is 2.26. The summed E-state index contributed by atoms with van der Waals surface area (Å²) < 4.78 is 0.836. The number of amides is 1. The van der Waals surface area contributed by atoms with Gasteiger partial charge in [-0.25, -0.2) is 9.97 Å². The lowest BCUT2D eigenvalue weighted by molar-refractivity contribution is 0.102. The summed E-state index contributed by atoms with van der Waals surface area (Å²) in [4.78, 5) is 22.7. The number of carbonyl (C=O) groups excluding carboxylic acids is 1. The summed E-state index contributed by atoms with van der Waals surface area (Å²) in [5, 5.41) is 6.06. The number of anilines is 2. The molecule has 0 atom stereocenters. The summed E-state index contributed by atoms with van der Waals surface area (Å²) in [6.45, 7) is 3.90. The van der Waals surface area contributed by atoms with E-state index in [0.29, 0.717) is 11.5 Å². The van der Waals surface area contributed by atoms with Crippen LogP contribution < -0.4 is 15.5 Å². The molecular weight excluding hydrogens is 346 g/mol. The summed E-state index contributed by atoms with van der Waals surface area (Å²) in [6, 6.07) is 7.23. The van der Waals surface area contributed by atoms with E-state index in [1.807, 2.05) is 12.1 Å². The zero-order valence-electron chi connectivity index (χ0n) is 11.9. The maximum atomic E-state index is 12.1. The third-order valence-electron chi connectivity index (χ3n) is 3.43. The summed E-state index contributed by atoms with van der Waals surface area (Å²) >= 11 is 3.29. The number of carbonyl (C=O) groups is 1. The standard InChI is InChI=1S/C15H16BrN5O/c16-11-1-3-13(18-9-11)15(22)20-14-4-2-12(10-19-14)21-7-5-17-6-8-21/h1-4,9-10,17H,5-8H2,(H,19,20,22). The van der Waals surface area contributed by atoms with Crippen molar-refractivity contribution in [3.8, 4) is 0 Å². The van der Waals surface area contributed by atoms with E-state index in [1.54, 1.807) is 24.5 Å². The molecule has 0 aliphatic carbocycles. The van der Waals surface area contributed by atoms with Crippen LogP contribution >= 0.6 is 15.9 Å². The number of pyridine rings is 2. The molecule has 2 aromatic heterocycles. The van der Waals surface area contributed by atoms with Gasteiger partial charge in [-0.3, -0.25) is 4.79 Å². The number of hydrogen-bond donors (Lipinski definition) is 2. The first kappa shape index (κ1) is 14.9. The molecule has 1 aliphatic heterocycles. The van der Waals surface area contributed by atoms with Crippen molar-refractivity contribution in [2.24, 2.45) is 0 Å². The average molecular weight is 362 g/mol. The van der Waals surface area contributed by atoms with Crippen LogP contribution in [0.3, 0.4) is 0 Å². The van der Waals surface area contributed by atoms with Crippen molar-refractivity contribution in [3.05, 3.63) is 46.8 Å². The quantitative estimate of drug-likeness (QED) is 0.873. The highest BCUT2D eigenvalue weighted by atomic mass is 79.9. The van der Waals surface area contributed by atoms with Crippen LogP contribution in [-0.4, -0.2) is 42.1 Å². The first-order chi connectivity index (χ1) is 10.7. The SMILES string of the molecule is O=C(Nc1ccc(N2CCNCC2)cn1)c1ccc(Br)cn1. The molecule has 6 nitrogen and oxygen atoms in total. The molecule has 0 aromatic carbocycles. The van der Waals surface area contributed by atoms with Crippen molar-refractivity contribution in [1.29, 1.82) is 0 Å². The minimum Gasteiger partial charge on any atom is -0.368 e. The molecule has 22 heavy (non-hydrogen) atoms. The van der Waals surface area contributed by atoms with Gasteiger partial charge >= 0.3 is 0 Å². The van der Waals surface area contributed by atoms with Crippen LogP contribution in [0, 0.1) is 0 Å². The van der Waals surface area contributed by atoms with Gasteiger partial charge in [-0.2, -0.15) is 0 Å². The second-order valence-electron chi connectivity index (χ2n) is 4.95. The third-order valence-corrected chi connectivity index (χ3v) is 3.90. The molecule has 0 saturated carbocycles. The molecule has 2 aromatic rings. The molecule has 1 saturated heterocycles. The molecular formula is C15H16BrN5O. The third kappa shape index (κ3) is 3.61. The largest absolute Gasteiger partial charge is 0.368 e. The number of aromatic nitrogens is 2. The minimum atomic E-state index is -0.269. The molecule has 0 unspecified atom stereocenters. The van der Waals surface area contributed by atoms with Crippen LogP contribution in [0.25, 0.3) is 0 Å². The molecule has 2 N–H and O–H groups in total. The second kappa shape index (κ2) is 6.85. The molecule has 114 valence electrons. The van der Waals surface area contributed by atoms with E-state index in [2.05, 4.69) is 41.4 Å². The van der Waals surface area contributed by atoms with Gasteiger partial charge in [0, 0.05) is 36.8 Å². The first-order valence-corrected chi connectivity index (χ1v) is 7.86. The molecule has 1 aliphatic rings. The first-order valence-electron chi connectivity index (χ1n) is 7.07.